The summed E-state index contributed by atoms with van der Waals surface area (Å²) in [5.74, 6) is 0.493. The highest BCUT2D eigenvalue weighted by atomic mass is 79.9. The smallest absolute Gasteiger partial charge is 0.0511 e. The van der Waals surface area contributed by atoms with E-state index in [4.69, 9.17) is 23.2 Å². The van der Waals surface area contributed by atoms with Crippen molar-refractivity contribution in [1.29, 1.82) is 0 Å². The standard InChI is InChI=1S/C4H6BrCl2/c5-2-1-4(7)3-6/h1,4H,2-3H2. The minimum absolute atomic E-state index is 0.0149. The summed E-state index contributed by atoms with van der Waals surface area (Å²) < 4.78 is 0. The van der Waals surface area contributed by atoms with E-state index in [9.17, 15) is 0 Å². The second-order valence-corrected chi connectivity index (χ2v) is 2.58. The predicted molar refractivity (Wildman–Crippen MR) is 38.5 cm³/mol. The highest BCUT2D eigenvalue weighted by Crippen LogP contribution is 2.03. The van der Waals surface area contributed by atoms with Crippen LogP contribution in [0.3, 0.4) is 0 Å². The van der Waals surface area contributed by atoms with Gasteiger partial charge in [-0.1, -0.05) is 15.9 Å². The molecule has 1 atom stereocenters. The molecule has 0 aliphatic rings. The molecule has 0 N–H and O–H groups in total. The lowest BCUT2D eigenvalue weighted by Gasteiger charge is -1.97. The zero-order valence-corrected chi connectivity index (χ0v) is 6.80. The largest absolute Gasteiger partial charge is 0.125 e. The summed E-state index contributed by atoms with van der Waals surface area (Å²) in [7, 11) is 0. The Morgan fingerprint density at radius 2 is 2.29 bits per heavy atom. The van der Waals surface area contributed by atoms with Crippen LogP contribution in [-0.4, -0.2) is 16.6 Å². The van der Waals surface area contributed by atoms with Crippen LogP contribution in [0.15, 0.2) is 0 Å². The Bertz CT molecular complexity index is 40.7. The Kier molecular flexibility index (Phi) is 5.99. The van der Waals surface area contributed by atoms with Crippen LogP contribution in [0.5, 0.6) is 0 Å². The molecule has 0 spiro atoms. The van der Waals surface area contributed by atoms with Gasteiger partial charge in [0.25, 0.3) is 0 Å². The van der Waals surface area contributed by atoms with Gasteiger partial charge in [-0.3, -0.25) is 0 Å². The van der Waals surface area contributed by atoms with Gasteiger partial charge in [-0.05, 0) is 6.42 Å². The maximum Gasteiger partial charge on any atom is 0.0511 e. The van der Waals surface area contributed by atoms with Crippen LogP contribution in [-0.2, 0) is 0 Å². The van der Waals surface area contributed by atoms with Crippen molar-refractivity contribution >= 4 is 39.1 Å². The van der Waals surface area contributed by atoms with Gasteiger partial charge >= 0.3 is 0 Å². The van der Waals surface area contributed by atoms with E-state index in [1.165, 1.54) is 0 Å². The van der Waals surface area contributed by atoms with Gasteiger partial charge in [0, 0.05) is 11.2 Å². The third-order valence-electron chi connectivity index (χ3n) is 0.492. The second kappa shape index (κ2) is 5.20. The molecule has 0 rings (SSSR count). The highest BCUT2D eigenvalue weighted by molar-refractivity contribution is 9.09. The van der Waals surface area contributed by atoms with Crippen molar-refractivity contribution in [2.75, 3.05) is 11.2 Å². The van der Waals surface area contributed by atoms with E-state index in [0.717, 1.165) is 5.33 Å². The first-order valence-electron chi connectivity index (χ1n) is 1.90. The molecule has 1 unspecified atom stereocenters. The monoisotopic (exact) mass is 203 g/mol. The average Bonchev–Trinajstić information content (AvgIpc) is 1.68. The summed E-state index contributed by atoms with van der Waals surface area (Å²) in [4.78, 5) is 0. The molecule has 3 heteroatoms. The zero-order valence-electron chi connectivity index (χ0n) is 3.70. The summed E-state index contributed by atoms with van der Waals surface area (Å²) in [6.45, 7) is 0. The number of rotatable bonds is 3. The van der Waals surface area contributed by atoms with E-state index in [2.05, 4.69) is 15.9 Å². The van der Waals surface area contributed by atoms with Crippen molar-refractivity contribution in [2.45, 2.75) is 5.38 Å². The summed E-state index contributed by atoms with van der Waals surface area (Å²) in [5.41, 5.74) is 0. The van der Waals surface area contributed by atoms with Gasteiger partial charge in [0.1, 0.15) is 0 Å². The highest BCUT2D eigenvalue weighted by Gasteiger charge is 1.98. The van der Waals surface area contributed by atoms with Gasteiger partial charge in [-0.15, -0.1) is 23.2 Å². The summed E-state index contributed by atoms with van der Waals surface area (Å²) in [6, 6.07) is 0. The van der Waals surface area contributed by atoms with Gasteiger partial charge in [0.05, 0.1) is 5.38 Å². The Labute approximate surface area is 62.3 Å². The van der Waals surface area contributed by atoms with E-state index in [1.807, 2.05) is 6.42 Å². The zero-order chi connectivity index (χ0) is 5.70. The molecule has 0 nitrogen and oxygen atoms in total. The lowest BCUT2D eigenvalue weighted by molar-refractivity contribution is 1.13. The molecule has 0 aliphatic carbocycles. The van der Waals surface area contributed by atoms with Crippen LogP contribution in [0.2, 0.25) is 0 Å². The molecule has 43 valence electrons. The van der Waals surface area contributed by atoms with Gasteiger partial charge < -0.3 is 0 Å². The van der Waals surface area contributed by atoms with Crippen molar-refractivity contribution in [3.05, 3.63) is 6.42 Å². The van der Waals surface area contributed by atoms with Crippen molar-refractivity contribution < 1.29 is 0 Å². The molecule has 0 amide bonds. The number of halogens is 3. The molecule has 0 aliphatic heterocycles. The van der Waals surface area contributed by atoms with Crippen molar-refractivity contribution in [2.24, 2.45) is 0 Å². The SMILES string of the molecule is ClCC(Cl)[CH]CBr. The lowest BCUT2D eigenvalue weighted by Crippen LogP contribution is -2.00. The van der Waals surface area contributed by atoms with Gasteiger partial charge in [0.2, 0.25) is 0 Å². The van der Waals surface area contributed by atoms with Crippen LogP contribution in [0.4, 0.5) is 0 Å². The number of hydrogen-bond acceptors (Lipinski definition) is 0. The third-order valence-corrected chi connectivity index (χ3v) is 1.69. The van der Waals surface area contributed by atoms with Crippen molar-refractivity contribution in [3.8, 4) is 0 Å². The lowest BCUT2D eigenvalue weighted by atomic mass is 10.4. The molecular formula is C4H6BrCl2. The van der Waals surface area contributed by atoms with Crippen LogP contribution in [0, 0.1) is 6.42 Å². The molecule has 7 heavy (non-hydrogen) atoms. The normalized spacial score (nSPS) is 14.1. The Morgan fingerprint density at radius 3 is 2.43 bits per heavy atom. The van der Waals surface area contributed by atoms with Crippen LogP contribution in [0.25, 0.3) is 0 Å². The fourth-order valence-electron chi connectivity index (χ4n) is 0.160. The fraction of sp³-hybridized carbons (Fsp3) is 0.750. The van der Waals surface area contributed by atoms with Crippen molar-refractivity contribution in [3.63, 3.8) is 0 Å². The molecule has 0 aromatic carbocycles. The molecule has 0 aromatic rings. The van der Waals surface area contributed by atoms with E-state index >= 15 is 0 Å². The first kappa shape index (κ1) is 8.06. The first-order chi connectivity index (χ1) is 3.31. The quantitative estimate of drug-likeness (QED) is 0.620. The molecule has 0 saturated carbocycles. The maximum absolute atomic E-state index is 5.55. The summed E-state index contributed by atoms with van der Waals surface area (Å²) in [5, 5.41) is 0.828. The number of hydrogen-bond donors (Lipinski definition) is 0. The fourth-order valence-corrected chi connectivity index (χ4v) is 1.04. The van der Waals surface area contributed by atoms with Gasteiger partial charge in [-0.25, -0.2) is 0 Å². The Balaban J connectivity index is 2.83. The molecule has 0 heterocycles. The van der Waals surface area contributed by atoms with Gasteiger partial charge in [0.15, 0.2) is 0 Å². The number of alkyl halides is 3. The third kappa shape index (κ3) is 4.92. The molecule has 0 bridgehead atoms. The summed E-state index contributed by atoms with van der Waals surface area (Å²) >= 11 is 14.1. The van der Waals surface area contributed by atoms with Crippen molar-refractivity contribution in [1.82, 2.24) is 0 Å². The predicted octanol–water partition coefficient (Wildman–Crippen LogP) is 2.43. The van der Waals surface area contributed by atoms with Crippen LogP contribution < -0.4 is 0 Å². The van der Waals surface area contributed by atoms with E-state index in [1.54, 1.807) is 0 Å². The van der Waals surface area contributed by atoms with E-state index < -0.39 is 0 Å². The minimum Gasteiger partial charge on any atom is -0.125 e. The van der Waals surface area contributed by atoms with E-state index in [0.29, 0.717) is 5.88 Å². The topological polar surface area (TPSA) is 0 Å². The average molecular weight is 205 g/mol. The van der Waals surface area contributed by atoms with E-state index in [-0.39, 0.29) is 5.38 Å². The Morgan fingerprint density at radius 1 is 1.71 bits per heavy atom. The molecule has 1 radical (unpaired) electrons. The summed E-state index contributed by atoms with van der Waals surface area (Å²) in [6.07, 6.45) is 1.90. The molecule has 0 saturated heterocycles. The van der Waals surface area contributed by atoms with Crippen LogP contribution in [0.1, 0.15) is 0 Å². The minimum atomic E-state index is 0.0149. The van der Waals surface area contributed by atoms with Gasteiger partial charge in [-0.2, -0.15) is 0 Å². The molecular weight excluding hydrogens is 199 g/mol. The molecule has 0 fully saturated rings. The Hall–Kier alpha value is 1.06. The molecule has 0 aromatic heterocycles. The first-order valence-corrected chi connectivity index (χ1v) is 3.99. The second-order valence-electron chi connectivity index (χ2n) is 1.06. The van der Waals surface area contributed by atoms with Crippen LogP contribution >= 0.6 is 39.1 Å². The maximum atomic E-state index is 5.55.